The summed E-state index contributed by atoms with van der Waals surface area (Å²) in [5.41, 5.74) is 14.8. The topological polar surface area (TPSA) is 0 Å². The van der Waals surface area contributed by atoms with Crippen molar-refractivity contribution in [3.05, 3.63) is 231 Å². The van der Waals surface area contributed by atoms with E-state index in [4.69, 9.17) is 0 Å². The number of rotatable bonds is 6. The number of hydrogen-bond donors (Lipinski definition) is 0. The van der Waals surface area contributed by atoms with E-state index in [1.165, 1.54) is 110 Å². The standard InChI is InChI=1S/C58H38/c1-3-16-39(17-4-1)41-30-34-43(35-31-41)55-47-22-7-11-26-51(47)57(52-27-12-8-23-48(52)55)45-20-15-21-46(38-45)58-53-28-13-9-24-49(53)56(50-25-10-14-29-54(50)58)44-36-32-42(33-37-44)40-18-5-2-6-19-40/h1-38H. The van der Waals surface area contributed by atoms with Gasteiger partial charge in [-0.1, -0.05) is 224 Å². The highest BCUT2D eigenvalue weighted by molar-refractivity contribution is 6.23. The molecule has 11 aromatic carbocycles. The van der Waals surface area contributed by atoms with Gasteiger partial charge in [-0.25, -0.2) is 0 Å². The molecule has 0 amide bonds. The third-order valence-corrected chi connectivity index (χ3v) is 11.9. The van der Waals surface area contributed by atoms with E-state index in [2.05, 4.69) is 231 Å². The fourth-order valence-electron chi connectivity index (χ4n) is 9.25. The predicted octanol–water partition coefficient (Wildman–Crippen LogP) is 16.3. The Kier molecular flexibility index (Phi) is 8.26. The minimum absolute atomic E-state index is 1.21. The van der Waals surface area contributed by atoms with Crippen LogP contribution in [0.5, 0.6) is 0 Å². The molecule has 0 atom stereocenters. The van der Waals surface area contributed by atoms with E-state index in [-0.39, 0.29) is 0 Å². The van der Waals surface area contributed by atoms with Crippen molar-refractivity contribution in [1.29, 1.82) is 0 Å². The van der Waals surface area contributed by atoms with Crippen LogP contribution in [0.15, 0.2) is 231 Å². The van der Waals surface area contributed by atoms with Crippen LogP contribution in [0.25, 0.3) is 110 Å². The normalized spacial score (nSPS) is 11.4. The molecule has 0 bridgehead atoms. The lowest BCUT2D eigenvalue weighted by Gasteiger charge is -2.20. The average Bonchev–Trinajstić information content (AvgIpc) is 3.30. The monoisotopic (exact) mass is 734 g/mol. The SMILES string of the molecule is c1ccc(-c2ccc(-c3c4ccccc4c(-c4cccc(-c5c6ccccc6c(-c6ccc(-c7ccccc7)cc6)c6ccccc56)c4)c4ccccc34)cc2)cc1. The van der Waals surface area contributed by atoms with Crippen LogP contribution >= 0.6 is 0 Å². The summed E-state index contributed by atoms with van der Waals surface area (Å²) < 4.78 is 0. The molecule has 0 aliphatic rings. The van der Waals surface area contributed by atoms with Crippen molar-refractivity contribution in [1.82, 2.24) is 0 Å². The first-order valence-electron chi connectivity index (χ1n) is 20.1. The highest BCUT2D eigenvalue weighted by Crippen LogP contribution is 2.47. The van der Waals surface area contributed by atoms with Gasteiger partial charge in [0.25, 0.3) is 0 Å². The fraction of sp³-hybridized carbons (Fsp3) is 0. The Morgan fingerprint density at radius 3 is 0.638 bits per heavy atom. The fourth-order valence-corrected chi connectivity index (χ4v) is 9.25. The molecule has 0 unspecified atom stereocenters. The van der Waals surface area contributed by atoms with Crippen molar-refractivity contribution in [2.24, 2.45) is 0 Å². The van der Waals surface area contributed by atoms with Gasteiger partial charge in [0.2, 0.25) is 0 Å². The third kappa shape index (κ3) is 5.69. The Hall–Kier alpha value is -7.54. The largest absolute Gasteiger partial charge is 0.0622 e. The van der Waals surface area contributed by atoms with Crippen molar-refractivity contribution in [2.45, 2.75) is 0 Å². The zero-order valence-corrected chi connectivity index (χ0v) is 31.9. The number of benzene rings is 11. The maximum absolute atomic E-state index is 2.42. The van der Waals surface area contributed by atoms with Crippen LogP contribution in [-0.2, 0) is 0 Å². The van der Waals surface area contributed by atoms with Gasteiger partial charge in [0.05, 0.1) is 0 Å². The van der Waals surface area contributed by atoms with Crippen molar-refractivity contribution >= 4 is 43.1 Å². The van der Waals surface area contributed by atoms with E-state index >= 15 is 0 Å². The summed E-state index contributed by atoms with van der Waals surface area (Å²) >= 11 is 0. The van der Waals surface area contributed by atoms with Gasteiger partial charge in [0, 0.05) is 0 Å². The molecule has 0 saturated carbocycles. The Morgan fingerprint density at radius 2 is 0.345 bits per heavy atom. The molecule has 0 N–H and O–H groups in total. The molecular weight excluding hydrogens is 697 g/mol. The Labute approximate surface area is 339 Å². The van der Waals surface area contributed by atoms with Gasteiger partial charge in [0.15, 0.2) is 0 Å². The van der Waals surface area contributed by atoms with E-state index in [0.29, 0.717) is 0 Å². The molecule has 0 spiro atoms. The van der Waals surface area contributed by atoms with Gasteiger partial charge in [-0.2, -0.15) is 0 Å². The molecule has 0 fully saturated rings. The smallest absolute Gasteiger partial charge is 0.00262 e. The molecule has 0 aromatic heterocycles. The average molecular weight is 735 g/mol. The molecule has 0 heteroatoms. The minimum Gasteiger partial charge on any atom is -0.0622 e. The molecule has 0 radical (unpaired) electrons. The summed E-state index contributed by atoms with van der Waals surface area (Å²) in [5.74, 6) is 0. The molecule has 0 aliphatic heterocycles. The highest BCUT2D eigenvalue weighted by Gasteiger charge is 2.20. The minimum atomic E-state index is 1.21. The zero-order chi connectivity index (χ0) is 38.4. The van der Waals surface area contributed by atoms with Crippen molar-refractivity contribution < 1.29 is 0 Å². The summed E-state index contributed by atoms with van der Waals surface area (Å²) in [7, 11) is 0. The van der Waals surface area contributed by atoms with Gasteiger partial charge in [-0.15, -0.1) is 0 Å². The van der Waals surface area contributed by atoms with Crippen molar-refractivity contribution in [2.75, 3.05) is 0 Å². The van der Waals surface area contributed by atoms with E-state index in [9.17, 15) is 0 Å². The Morgan fingerprint density at radius 1 is 0.138 bits per heavy atom. The van der Waals surface area contributed by atoms with E-state index < -0.39 is 0 Å². The maximum atomic E-state index is 2.42. The maximum Gasteiger partial charge on any atom is -0.00262 e. The van der Waals surface area contributed by atoms with E-state index in [0.717, 1.165) is 0 Å². The second-order valence-electron chi connectivity index (χ2n) is 15.1. The van der Waals surface area contributed by atoms with Gasteiger partial charge in [-0.3, -0.25) is 0 Å². The van der Waals surface area contributed by atoms with Crippen LogP contribution in [-0.4, -0.2) is 0 Å². The summed E-state index contributed by atoms with van der Waals surface area (Å²) in [4.78, 5) is 0. The van der Waals surface area contributed by atoms with Gasteiger partial charge in [-0.05, 0) is 116 Å². The lowest BCUT2D eigenvalue weighted by Crippen LogP contribution is -1.93. The van der Waals surface area contributed by atoms with Crippen molar-refractivity contribution in [3.63, 3.8) is 0 Å². The summed E-state index contributed by atoms with van der Waals surface area (Å²) in [6.07, 6.45) is 0. The molecule has 0 saturated heterocycles. The first kappa shape index (κ1) is 33.8. The summed E-state index contributed by atoms with van der Waals surface area (Å²) in [6.45, 7) is 0. The van der Waals surface area contributed by atoms with Gasteiger partial charge in [0.1, 0.15) is 0 Å². The lowest BCUT2D eigenvalue weighted by molar-refractivity contribution is 1.61. The first-order chi connectivity index (χ1) is 28.8. The molecule has 0 aliphatic carbocycles. The number of hydrogen-bond acceptors (Lipinski definition) is 0. The molecule has 11 rings (SSSR count). The Balaban J connectivity index is 1.10. The number of fused-ring (bicyclic) bond motifs is 4. The van der Waals surface area contributed by atoms with Crippen LogP contribution in [0.1, 0.15) is 0 Å². The Bertz CT molecular complexity index is 2950. The summed E-state index contributed by atoms with van der Waals surface area (Å²) in [5, 5.41) is 10.0. The second-order valence-corrected chi connectivity index (χ2v) is 15.1. The third-order valence-electron chi connectivity index (χ3n) is 11.9. The highest BCUT2D eigenvalue weighted by atomic mass is 14.2. The molecule has 58 heavy (non-hydrogen) atoms. The lowest BCUT2D eigenvalue weighted by atomic mass is 9.83. The first-order valence-corrected chi connectivity index (χ1v) is 20.1. The van der Waals surface area contributed by atoms with E-state index in [1.807, 2.05) is 0 Å². The van der Waals surface area contributed by atoms with Crippen LogP contribution < -0.4 is 0 Å². The zero-order valence-electron chi connectivity index (χ0n) is 31.9. The molecule has 270 valence electrons. The molecular formula is C58H38. The van der Waals surface area contributed by atoms with Crippen LogP contribution in [0.2, 0.25) is 0 Å². The van der Waals surface area contributed by atoms with Crippen LogP contribution in [0, 0.1) is 0 Å². The molecule has 0 heterocycles. The molecule has 0 nitrogen and oxygen atoms in total. The van der Waals surface area contributed by atoms with Crippen LogP contribution in [0.4, 0.5) is 0 Å². The van der Waals surface area contributed by atoms with Crippen LogP contribution in [0.3, 0.4) is 0 Å². The van der Waals surface area contributed by atoms with Crippen molar-refractivity contribution in [3.8, 4) is 66.8 Å². The summed E-state index contributed by atoms with van der Waals surface area (Å²) in [6, 6.07) is 84.4. The van der Waals surface area contributed by atoms with Gasteiger partial charge < -0.3 is 0 Å². The molecule has 11 aromatic rings. The second kappa shape index (κ2) is 14.2. The van der Waals surface area contributed by atoms with Gasteiger partial charge >= 0.3 is 0 Å². The quantitative estimate of drug-likeness (QED) is 0.149. The van der Waals surface area contributed by atoms with E-state index in [1.54, 1.807) is 0 Å². The predicted molar refractivity (Wildman–Crippen MR) is 249 cm³/mol.